The quantitative estimate of drug-likeness (QED) is 0.748. The lowest BCUT2D eigenvalue weighted by molar-refractivity contribution is 0.645. The molecule has 0 unspecified atom stereocenters. The van der Waals surface area contributed by atoms with Gasteiger partial charge in [0, 0.05) is 18.8 Å². The van der Waals surface area contributed by atoms with Crippen molar-refractivity contribution in [3.05, 3.63) is 23.9 Å². The minimum atomic E-state index is 0.525. The number of aromatic nitrogens is 1. The zero-order valence-electron chi connectivity index (χ0n) is 10.00. The van der Waals surface area contributed by atoms with Crippen LogP contribution < -0.4 is 10.6 Å². The summed E-state index contributed by atoms with van der Waals surface area (Å²) < 4.78 is 0. The van der Waals surface area contributed by atoms with Gasteiger partial charge in [-0.25, -0.2) is 4.98 Å². The zero-order valence-corrected chi connectivity index (χ0v) is 10.00. The van der Waals surface area contributed by atoms with E-state index >= 15 is 0 Å². The topological polar surface area (TPSA) is 37.0 Å². The number of rotatable bonds is 5. The van der Waals surface area contributed by atoms with Crippen molar-refractivity contribution in [3.8, 4) is 0 Å². The Balaban J connectivity index is 1.88. The molecule has 0 aliphatic carbocycles. The second-order valence-corrected chi connectivity index (χ2v) is 4.41. The summed E-state index contributed by atoms with van der Waals surface area (Å²) in [6.07, 6.45) is 6.94. The van der Waals surface area contributed by atoms with Gasteiger partial charge in [-0.05, 0) is 37.4 Å². The highest BCUT2D eigenvalue weighted by Gasteiger charge is 2.15. The van der Waals surface area contributed by atoms with Crippen molar-refractivity contribution in [2.24, 2.45) is 0 Å². The SMILES string of the molecule is CCCCNc1ccc([C@@H]2CCCN2)cn1. The highest BCUT2D eigenvalue weighted by Crippen LogP contribution is 2.22. The van der Waals surface area contributed by atoms with E-state index in [4.69, 9.17) is 0 Å². The van der Waals surface area contributed by atoms with Crippen LogP contribution in [0.25, 0.3) is 0 Å². The van der Waals surface area contributed by atoms with Crippen molar-refractivity contribution in [2.75, 3.05) is 18.4 Å². The Kier molecular flexibility index (Phi) is 4.17. The normalized spacial score (nSPS) is 19.9. The Morgan fingerprint density at radius 3 is 3.06 bits per heavy atom. The summed E-state index contributed by atoms with van der Waals surface area (Å²) in [6, 6.07) is 4.80. The van der Waals surface area contributed by atoms with Crippen LogP contribution in [-0.4, -0.2) is 18.1 Å². The standard InChI is InChI=1S/C13H21N3/c1-2-3-8-15-13-7-6-11(10-16-13)12-5-4-9-14-12/h6-7,10,12,14H,2-5,8-9H2,1H3,(H,15,16)/t12-/m0/s1. The van der Waals surface area contributed by atoms with Crippen molar-refractivity contribution >= 4 is 5.82 Å². The fourth-order valence-corrected chi connectivity index (χ4v) is 2.08. The fraction of sp³-hybridized carbons (Fsp3) is 0.615. The van der Waals surface area contributed by atoms with Gasteiger partial charge in [-0.3, -0.25) is 0 Å². The van der Waals surface area contributed by atoms with Crippen molar-refractivity contribution in [2.45, 2.75) is 38.6 Å². The van der Waals surface area contributed by atoms with Crippen molar-refractivity contribution in [3.63, 3.8) is 0 Å². The molecule has 1 aliphatic rings. The molecule has 3 heteroatoms. The van der Waals surface area contributed by atoms with Gasteiger partial charge in [-0.15, -0.1) is 0 Å². The summed E-state index contributed by atoms with van der Waals surface area (Å²) in [4.78, 5) is 4.44. The van der Waals surface area contributed by atoms with Crippen LogP contribution in [0.5, 0.6) is 0 Å². The number of hydrogen-bond acceptors (Lipinski definition) is 3. The molecule has 1 atom stereocenters. The summed E-state index contributed by atoms with van der Waals surface area (Å²) in [5.74, 6) is 0.996. The van der Waals surface area contributed by atoms with Gasteiger partial charge in [0.1, 0.15) is 5.82 Å². The molecular weight excluding hydrogens is 198 g/mol. The predicted molar refractivity (Wildman–Crippen MR) is 67.6 cm³/mol. The van der Waals surface area contributed by atoms with E-state index in [9.17, 15) is 0 Å². The molecule has 3 nitrogen and oxygen atoms in total. The molecule has 0 aromatic carbocycles. The number of hydrogen-bond donors (Lipinski definition) is 2. The van der Waals surface area contributed by atoms with Gasteiger partial charge < -0.3 is 10.6 Å². The maximum atomic E-state index is 4.44. The minimum absolute atomic E-state index is 0.525. The molecule has 0 saturated carbocycles. The van der Waals surface area contributed by atoms with Crippen molar-refractivity contribution in [1.29, 1.82) is 0 Å². The highest BCUT2D eigenvalue weighted by atomic mass is 15.0. The van der Waals surface area contributed by atoms with Crippen LogP contribution in [0.2, 0.25) is 0 Å². The van der Waals surface area contributed by atoms with Gasteiger partial charge >= 0.3 is 0 Å². The molecule has 88 valence electrons. The Hall–Kier alpha value is -1.09. The first-order valence-corrected chi connectivity index (χ1v) is 6.33. The minimum Gasteiger partial charge on any atom is -0.370 e. The van der Waals surface area contributed by atoms with Gasteiger partial charge in [0.25, 0.3) is 0 Å². The third kappa shape index (κ3) is 2.95. The number of anilines is 1. The predicted octanol–water partition coefficient (Wildman–Crippen LogP) is 2.72. The number of unbranched alkanes of at least 4 members (excludes halogenated alkanes) is 1. The molecule has 1 saturated heterocycles. The van der Waals surface area contributed by atoms with Gasteiger partial charge in [0.2, 0.25) is 0 Å². The lowest BCUT2D eigenvalue weighted by Crippen LogP contribution is -2.13. The largest absolute Gasteiger partial charge is 0.370 e. The van der Waals surface area contributed by atoms with E-state index in [0.29, 0.717) is 6.04 Å². The van der Waals surface area contributed by atoms with E-state index in [0.717, 1.165) is 18.9 Å². The van der Waals surface area contributed by atoms with Crippen LogP contribution in [0.3, 0.4) is 0 Å². The molecule has 2 heterocycles. The molecule has 16 heavy (non-hydrogen) atoms. The van der Waals surface area contributed by atoms with Gasteiger partial charge in [-0.2, -0.15) is 0 Å². The number of pyridine rings is 1. The first kappa shape index (κ1) is 11.4. The lowest BCUT2D eigenvalue weighted by Gasteiger charge is -2.11. The first-order valence-electron chi connectivity index (χ1n) is 6.33. The van der Waals surface area contributed by atoms with Crippen LogP contribution in [0.15, 0.2) is 18.3 Å². The van der Waals surface area contributed by atoms with E-state index < -0.39 is 0 Å². The second kappa shape index (κ2) is 5.85. The van der Waals surface area contributed by atoms with E-state index in [1.54, 1.807) is 0 Å². The molecule has 1 aromatic heterocycles. The van der Waals surface area contributed by atoms with Gasteiger partial charge in [-0.1, -0.05) is 19.4 Å². The third-order valence-corrected chi connectivity index (χ3v) is 3.09. The maximum Gasteiger partial charge on any atom is 0.125 e. The maximum absolute atomic E-state index is 4.44. The monoisotopic (exact) mass is 219 g/mol. The highest BCUT2D eigenvalue weighted by molar-refractivity contribution is 5.36. The van der Waals surface area contributed by atoms with Gasteiger partial charge in [0.15, 0.2) is 0 Å². The van der Waals surface area contributed by atoms with Crippen molar-refractivity contribution in [1.82, 2.24) is 10.3 Å². The Bertz CT molecular complexity index is 301. The average molecular weight is 219 g/mol. The first-order chi connectivity index (χ1) is 7.90. The zero-order chi connectivity index (χ0) is 11.2. The van der Waals surface area contributed by atoms with Crippen LogP contribution in [-0.2, 0) is 0 Å². The van der Waals surface area contributed by atoms with E-state index in [1.807, 2.05) is 6.20 Å². The molecular formula is C13H21N3. The molecule has 0 amide bonds. The molecule has 1 aromatic rings. The molecule has 1 aliphatic heterocycles. The third-order valence-electron chi connectivity index (χ3n) is 3.09. The second-order valence-electron chi connectivity index (χ2n) is 4.41. The van der Waals surface area contributed by atoms with E-state index in [2.05, 4.69) is 34.7 Å². The molecule has 2 N–H and O–H groups in total. The van der Waals surface area contributed by atoms with E-state index in [1.165, 1.54) is 31.2 Å². The molecule has 2 rings (SSSR count). The smallest absolute Gasteiger partial charge is 0.125 e. The number of nitrogens with one attached hydrogen (secondary N) is 2. The fourth-order valence-electron chi connectivity index (χ4n) is 2.08. The van der Waals surface area contributed by atoms with E-state index in [-0.39, 0.29) is 0 Å². The summed E-state index contributed by atoms with van der Waals surface area (Å²) in [6.45, 7) is 4.36. The molecule has 0 spiro atoms. The molecule has 1 fully saturated rings. The van der Waals surface area contributed by atoms with Gasteiger partial charge in [0.05, 0.1) is 0 Å². The summed E-state index contributed by atoms with van der Waals surface area (Å²) in [7, 11) is 0. The summed E-state index contributed by atoms with van der Waals surface area (Å²) >= 11 is 0. The van der Waals surface area contributed by atoms with Crippen molar-refractivity contribution < 1.29 is 0 Å². The summed E-state index contributed by atoms with van der Waals surface area (Å²) in [5, 5.41) is 6.82. The van der Waals surface area contributed by atoms with Crippen LogP contribution in [0.1, 0.15) is 44.2 Å². The number of nitrogens with zero attached hydrogens (tertiary/aromatic N) is 1. The molecule has 0 radical (unpaired) electrons. The molecule has 0 bridgehead atoms. The van der Waals surface area contributed by atoms with Crippen LogP contribution in [0, 0.1) is 0 Å². The Morgan fingerprint density at radius 2 is 2.44 bits per heavy atom. The Labute approximate surface area is 97.7 Å². The van der Waals surface area contributed by atoms with Crippen LogP contribution >= 0.6 is 0 Å². The average Bonchev–Trinajstić information content (AvgIpc) is 2.84. The Morgan fingerprint density at radius 1 is 1.50 bits per heavy atom. The lowest BCUT2D eigenvalue weighted by atomic mass is 10.1. The van der Waals surface area contributed by atoms with Crippen LogP contribution in [0.4, 0.5) is 5.82 Å². The summed E-state index contributed by atoms with van der Waals surface area (Å²) in [5.41, 5.74) is 1.32.